The maximum atomic E-state index is 13.3. The molecule has 4 rings (SSSR count). The lowest BCUT2D eigenvalue weighted by molar-refractivity contribution is 0.0264. The third kappa shape index (κ3) is 4.42. The highest BCUT2D eigenvalue weighted by atomic mass is 19.1. The predicted molar refractivity (Wildman–Crippen MR) is 99.4 cm³/mol. The largest absolute Gasteiger partial charge is 0.448 e. The summed E-state index contributed by atoms with van der Waals surface area (Å²) in [5.74, 6) is 0.368. The van der Waals surface area contributed by atoms with Crippen LogP contribution in [0.3, 0.4) is 0 Å². The van der Waals surface area contributed by atoms with E-state index in [1.165, 1.54) is 18.4 Å². The summed E-state index contributed by atoms with van der Waals surface area (Å²) in [7, 11) is 0. The minimum absolute atomic E-state index is 0.0644. The maximum absolute atomic E-state index is 13.3. The predicted octanol–water partition coefficient (Wildman–Crippen LogP) is 3.53. The number of hydrogen-bond acceptors (Lipinski definition) is 5. The van der Waals surface area contributed by atoms with Crippen molar-refractivity contribution in [2.24, 2.45) is 0 Å². The number of ether oxygens (including phenoxy) is 2. The van der Waals surface area contributed by atoms with Crippen LogP contribution in [0.1, 0.15) is 53.5 Å². The van der Waals surface area contributed by atoms with Crippen LogP contribution in [0.4, 0.5) is 4.39 Å². The molecule has 2 fully saturated rings. The fourth-order valence-electron chi connectivity index (χ4n) is 3.82. The minimum Gasteiger partial charge on any atom is -0.448 e. The zero-order valence-electron chi connectivity index (χ0n) is 15.8. The van der Waals surface area contributed by atoms with Crippen LogP contribution in [0.5, 0.6) is 0 Å². The molecule has 2 aliphatic heterocycles. The molecule has 1 aromatic carbocycles. The fourth-order valence-corrected chi connectivity index (χ4v) is 3.82. The molecule has 0 saturated carbocycles. The Kier molecular flexibility index (Phi) is 6.02. The first-order valence-electron chi connectivity index (χ1n) is 9.87. The van der Waals surface area contributed by atoms with Crippen molar-refractivity contribution in [1.82, 2.24) is 9.88 Å². The molecule has 150 valence electrons. The van der Waals surface area contributed by atoms with E-state index in [9.17, 15) is 9.18 Å². The Morgan fingerprint density at radius 3 is 2.36 bits per heavy atom. The molecule has 7 heteroatoms. The first kappa shape index (κ1) is 19.1. The van der Waals surface area contributed by atoms with E-state index in [0.717, 1.165) is 31.2 Å². The second-order valence-electron chi connectivity index (χ2n) is 7.36. The molecule has 0 N–H and O–H groups in total. The summed E-state index contributed by atoms with van der Waals surface area (Å²) in [6.07, 6.45) is 4.72. The molecule has 0 spiro atoms. The molecule has 1 amide bonds. The van der Waals surface area contributed by atoms with Gasteiger partial charge in [-0.3, -0.25) is 4.79 Å². The Morgan fingerprint density at radius 1 is 1.04 bits per heavy atom. The van der Waals surface area contributed by atoms with Crippen molar-refractivity contribution < 1.29 is 23.1 Å². The quantitative estimate of drug-likeness (QED) is 0.784. The summed E-state index contributed by atoms with van der Waals surface area (Å²) in [6.45, 7) is 3.04. The van der Waals surface area contributed by atoms with Crippen LogP contribution < -0.4 is 0 Å². The molecule has 6 nitrogen and oxygen atoms in total. The van der Waals surface area contributed by atoms with Crippen molar-refractivity contribution in [2.45, 2.75) is 44.2 Å². The van der Waals surface area contributed by atoms with E-state index in [1.54, 1.807) is 12.1 Å². The lowest BCUT2D eigenvalue weighted by Gasteiger charge is -2.34. The van der Waals surface area contributed by atoms with Gasteiger partial charge in [0.05, 0.1) is 0 Å². The highest BCUT2D eigenvalue weighted by molar-refractivity contribution is 5.92. The summed E-state index contributed by atoms with van der Waals surface area (Å²) in [5, 5.41) is 0. The number of hydrogen-bond donors (Lipinski definition) is 0. The number of aromatic nitrogens is 1. The molecule has 2 saturated heterocycles. The van der Waals surface area contributed by atoms with E-state index >= 15 is 0 Å². The van der Waals surface area contributed by atoms with Gasteiger partial charge in [0.25, 0.3) is 5.91 Å². The lowest BCUT2D eigenvalue weighted by atomic mass is 10.0. The number of oxazole rings is 1. The van der Waals surface area contributed by atoms with Gasteiger partial charge in [-0.2, -0.15) is 0 Å². The molecule has 0 unspecified atom stereocenters. The molecule has 28 heavy (non-hydrogen) atoms. The zero-order chi connectivity index (χ0) is 19.3. The van der Waals surface area contributed by atoms with Crippen LogP contribution in [-0.2, 0) is 16.0 Å². The van der Waals surface area contributed by atoms with Crippen LogP contribution >= 0.6 is 0 Å². The maximum Gasteiger partial charge on any atom is 0.276 e. The van der Waals surface area contributed by atoms with Crippen LogP contribution in [0, 0.1) is 5.82 Å². The standard InChI is InChI=1S/C21H25FN2O4/c22-17-3-1-15(2-4-17)13-24(18-7-11-27-12-8-18)21(25)19-14-28-20(23-19)16-5-9-26-10-6-16/h1-4,14,16,18H,5-13H2. The first-order valence-corrected chi connectivity index (χ1v) is 9.87. The summed E-state index contributed by atoms with van der Waals surface area (Å²) in [4.78, 5) is 19.6. The van der Waals surface area contributed by atoms with Gasteiger partial charge in [-0.25, -0.2) is 9.37 Å². The second-order valence-corrected chi connectivity index (χ2v) is 7.36. The molecule has 0 radical (unpaired) electrons. The van der Waals surface area contributed by atoms with Gasteiger partial charge >= 0.3 is 0 Å². The summed E-state index contributed by atoms with van der Waals surface area (Å²) in [5.41, 5.74) is 1.21. The molecular weight excluding hydrogens is 363 g/mol. The van der Waals surface area contributed by atoms with E-state index in [-0.39, 0.29) is 23.7 Å². The average Bonchev–Trinajstić information content (AvgIpc) is 3.24. The Balaban J connectivity index is 1.53. The van der Waals surface area contributed by atoms with Crippen molar-refractivity contribution in [2.75, 3.05) is 26.4 Å². The monoisotopic (exact) mass is 388 g/mol. The Labute approximate surface area is 163 Å². The summed E-state index contributed by atoms with van der Waals surface area (Å²) < 4.78 is 29.7. The van der Waals surface area contributed by atoms with Crippen LogP contribution in [0.2, 0.25) is 0 Å². The van der Waals surface area contributed by atoms with Gasteiger partial charge in [0, 0.05) is 44.9 Å². The number of rotatable bonds is 5. The fraction of sp³-hybridized carbons (Fsp3) is 0.524. The summed E-state index contributed by atoms with van der Waals surface area (Å²) in [6, 6.07) is 6.33. The van der Waals surface area contributed by atoms with E-state index in [0.29, 0.717) is 44.6 Å². The lowest BCUT2D eigenvalue weighted by Crippen LogP contribution is -2.43. The van der Waals surface area contributed by atoms with Crippen molar-refractivity contribution in [3.8, 4) is 0 Å². The van der Waals surface area contributed by atoms with Gasteiger partial charge in [0.1, 0.15) is 12.1 Å². The topological polar surface area (TPSA) is 64.8 Å². The van der Waals surface area contributed by atoms with Crippen LogP contribution in [0.25, 0.3) is 0 Å². The van der Waals surface area contributed by atoms with E-state index in [2.05, 4.69) is 4.98 Å². The van der Waals surface area contributed by atoms with E-state index in [1.807, 2.05) is 4.90 Å². The number of carbonyl (C=O) groups is 1. The Morgan fingerprint density at radius 2 is 1.68 bits per heavy atom. The van der Waals surface area contributed by atoms with Gasteiger partial charge in [-0.05, 0) is 43.4 Å². The normalized spacial score (nSPS) is 18.9. The van der Waals surface area contributed by atoms with E-state index in [4.69, 9.17) is 13.9 Å². The Hall–Kier alpha value is -2.25. The van der Waals surface area contributed by atoms with Gasteiger partial charge < -0.3 is 18.8 Å². The third-order valence-electron chi connectivity index (χ3n) is 5.47. The smallest absolute Gasteiger partial charge is 0.276 e. The molecule has 0 aliphatic carbocycles. The number of amides is 1. The van der Waals surface area contributed by atoms with Crippen molar-refractivity contribution in [3.05, 3.63) is 53.5 Å². The number of benzene rings is 1. The molecule has 0 atom stereocenters. The highest BCUT2D eigenvalue weighted by Gasteiger charge is 2.30. The first-order chi connectivity index (χ1) is 13.7. The molecule has 2 aromatic rings. The molecule has 2 aliphatic rings. The molecule has 1 aromatic heterocycles. The Bertz CT molecular complexity index is 780. The van der Waals surface area contributed by atoms with Crippen molar-refractivity contribution in [1.29, 1.82) is 0 Å². The van der Waals surface area contributed by atoms with Crippen molar-refractivity contribution >= 4 is 5.91 Å². The van der Waals surface area contributed by atoms with Crippen molar-refractivity contribution in [3.63, 3.8) is 0 Å². The van der Waals surface area contributed by atoms with Crippen LogP contribution in [0.15, 0.2) is 34.9 Å². The van der Waals surface area contributed by atoms with Gasteiger partial charge in [-0.15, -0.1) is 0 Å². The third-order valence-corrected chi connectivity index (χ3v) is 5.47. The highest BCUT2D eigenvalue weighted by Crippen LogP contribution is 2.27. The van der Waals surface area contributed by atoms with Gasteiger partial charge in [0.15, 0.2) is 11.6 Å². The second kappa shape index (κ2) is 8.84. The number of carbonyl (C=O) groups excluding carboxylic acids is 1. The van der Waals surface area contributed by atoms with E-state index < -0.39 is 0 Å². The van der Waals surface area contributed by atoms with Gasteiger partial charge in [-0.1, -0.05) is 12.1 Å². The van der Waals surface area contributed by atoms with Gasteiger partial charge in [0.2, 0.25) is 0 Å². The molecular formula is C21H25FN2O4. The number of halogens is 1. The SMILES string of the molecule is O=C(c1coc(C2CCOCC2)n1)N(Cc1ccc(F)cc1)C1CCOCC1. The minimum atomic E-state index is -0.287. The number of nitrogens with zero attached hydrogens (tertiary/aromatic N) is 2. The molecule has 3 heterocycles. The van der Waals surface area contributed by atoms with Crippen LogP contribution in [-0.4, -0.2) is 48.3 Å². The molecule has 0 bridgehead atoms. The average molecular weight is 388 g/mol. The zero-order valence-corrected chi connectivity index (χ0v) is 15.8. The summed E-state index contributed by atoms with van der Waals surface area (Å²) >= 11 is 0.